The Morgan fingerprint density at radius 1 is 1.03 bits per heavy atom. The minimum atomic E-state index is -0.523. The Kier molecular flexibility index (Phi) is 9.74. The fourth-order valence-corrected chi connectivity index (χ4v) is 3.88. The first-order valence-corrected chi connectivity index (χ1v) is 11.8. The van der Waals surface area contributed by atoms with Crippen LogP contribution in [0.3, 0.4) is 0 Å². The van der Waals surface area contributed by atoms with Crippen LogP contribution in [0.1, 0.15) is 38.3 Å². The van der Waals surface area contributed by atoms with Crippen LogP contribution in [-0.2, 0) is 21.9 Å². The number of nitrogens with zero attached hydrogens (tertiary/aromatic N) is 1. The lowest BCUT2D eigenvalue weighted by molar-refractivity contribution is -0.138. The summed E-state index contributed by atoms with van der Waals surface area (Å²) in [5.74, 6) is 0.958. The zero-order valence-electron chi connectivity index (χ0n) is 17.2. The average molecular weight is 477 g/mol. The summed E-state index contributed by atoms with van der Waals surface area (Å²) in [6.07, 6.45) is 0.855. The SMILES string of the molecule is CC[C@H](C)NC(=O)[C@H](C)N(Cc1ccccc1)C(=O)CSCc1ccc(Br)cc1. The number of amides is 2. The number of carbonyl (C=O) groups excluding carboxylic acids is 2. The lowest BCUT2D eigenvalue weighted by Gasteiger charge is -2.29. The molecule has 0 aliphatic rings. The molecule has 0 fully saturated rings. The molecule has 2 aromatic rings. The number of benzene rings is 2. The van der Waals surface area contributed by atoms with Gasteiger partial charge in [-0.1, -0.05) is 65.3 Å². The first-order valence-electron chi connectivity index (χ1n) is 9.86. The van der Waals surface area contributed by atoms with Gasteiger partial charge in [0, 0.05) is 22.8 Å². The van der Waals surface area contributed by atoms with Crippen molar-refractivity contribution in [3.63, 3.8) is 0 Å². The topological polar surface area (TPSA) is 49.4 Å². The predicted molar refractivity (Wildman–Crippen MR) is 125 cm³/mol. The van der Waals surface area contributed by atoms with E-state index in [4.69, 9.17) is 0 Å². The molecule has 0 saturated heterocycles. The summed E-state index contributed by atoms with van der Waals surface area (Å²) in [5, 5.41) is 2.99. The highest BCUT2D eigenvalue weighted by molar-refractivity contribution is 9.10. The molecule has 156 valence electrons. The lowest BCUT2D eigenvalue weighted by atomic mass is 10.1. The van der Waals surface area contributed by atoms with E-state index in [2.05, 4.69) is 21.2 Å². The Morgan fingerprint density at radius 2 is 1.69 bits per heavy atom. The van der Waals surface area contributed by atoms with Crippen LogP contribution < -0.4 is 5.32 Å². The molecule has 0 heterocycles. The Labute approximate surface area is 186 Å². The van der Waals surface area contributed by atoms with Gasteiger partial charge in [0.25, 0.3) is 0 Å². The summed E-state index contributed by atoms with van der Waals surface area (Å²) < 4.78 is 1.04. The number of halogens is 1. The van der Waals surface area contributed by atoms with Crippen molar-refractivity contribution in [1.29, 1.82) is 0 Å². The lowest BCUT2D eigenvalue weighted by Crippen LogP contribution is -2.50. The van der Waals surface area contributed by atoms with E-state index in [1.54, 1.807) is 23.6 Å². The van der Waals surface area contributed by atoms with Crippen molar-refractivity contribution in [3.05, 3.63) is 70.2 Å². The van der Waals surface area contributed by atoms with Gasteiger partial charge in [-0.05, 0) is 43.5 Å². The highest BCUT2D eigenvalue weighted by Crippen LogP contribution is 2.18. The van der Waals surface area contributed by atoms with Crippen molar-refractivity contribution in [3.8, 4) is 0 Å². The number of carbonyl (C=O) groups is 2. The van der Waals surface area contributed by atoms with E-state index < -0.39 is 6.04 Å². The van der Waals surface area contributed by atoms with Gasteiger partial charge in [0.1, 0.15) is 6.04 Å². The highest BCUT2D eigenvalue weighted by Gasteiger charge is 2.26. The van der Waals surface area contributed by atoms with Crippen molar-refractivity contribution in [2.45, 2.75) is 51.6 Å². The van der Waals surface area contributed by atoms with Gasteiger partial charge in [0.2, 0.25) is 11.8 Å². The third kappa shape index (κ3) is 7.86. The molecule has 0 aliphatic carbocycles. The van der Waals surface area contributed by atoms with E-state index in [1.165, 1.54) is 5.56 Å². The maximum atomic E-state index is 13.0. The Morgan fingerprint density at radius 3 is 2.31 bits per heavy atom. The largest absolute Gasteiger partial charge is 0.352 e. The van der Waals surface area contributed by atoms with Crippen molar-refractivity contribution < 1.29 is 9.59 Å². The fourth-order valence-electron chi connectivity index (χ4n) is 2.75. The minimum absolute atomic E-state index is 0.0252. The monoisotopic (exact) mass is 476 g/mol. The minimum Gasteiger partial charge on any atom is -0.352 e. The second-order valence-corrected chi connectivity index (χ2v) is 9.02. The molecule has 2 rings (SSSR count). The van der Waals surface area contributed by atoms with E-state index in [-0.39, 0.29) is 17.9 Å². The Hall–Kier alpha value is -1.79. The molecular formula is C23H29BrN2O2S. The molecule has 2 atom stereocenters. The first-order chi connectivity index (χ1) is 13.9. The van der Waals surface area contributed by atoms with Gasteiger partial charge in [-0.3, -0.25) is 9.59 Å². The van der Waals surface area contributed by atoms with Gasteiger partial charge < -0.3 is 10.2 Å². The van der Waals surface area contributed by atoms with E-state index in [9.17, 15) is 9.59 Å². The highest BCUT2D eigenvalue weighted by atomic mass is 79.9. The normalized spacial score (nSPS) is 12.8. The molecule has 1 N–H and O–H groups in total. The van der Waals surface area contributed by atoms with Gasteiger partial charge in [-0.2, -0.15) is 0 Å². The summed E-state index contributed by atoms with van der Waals surface area (Å²) in [7, 11) is 0. The van der Waals surface area contributed by atoms with Gasteiger partial charge in [-0.25, -0.2) is 0 Å². The first kappa shape index (κ1) is 23.5. The second-order valence-electron chi connectivity index (χ2n) is 7.12. The average Bonchev–Trinajstić information content (AvgIpc) is 2.73. The van der Waals surface area contributed by atoms with E-state index in [0.29, 0.717) is 12.3 Å². The molecule has 0 spiro atoms. The van der Waals surface area contributed by atoms with Crippen LogP contribution in [0.2, 0.25) is 0 Å². The zero-order valence-corrected chi connectivity index (χ0v) is 19.6. The molecule has 6 heteroatoms. The molecule has 0 unspecified atom stereocenters. The third-order valence-corrected chi connectivity index (χ3v) is 6.29. The molecule has 4 nitrogen and oxygen atoms in total. The van der Waals surface area contributed by atoms with Crippen molar-refractivity contribution in [2.75, 3.05) is 5.75 Å². The van der Waals surface area contributed by atoms with Gasteiger partial charge in [-0.15, -0.1) is 11.8 Å². The Balaban J connectivity index is 2.03. The number of nitrogens with one attached hydrogen (secondary N) is 1. The van der Waals surface area contributed by atoms with Gasteiger partial charge >= 0.3 is 0 Å². The Bertz CT molecular complexity index is 783. The number of hydrogen-bond donors (Lipinski definition) is 1. The molecule has 0 aromatic heterocycles. The molecule has 0 bridgehead atoms. The molecular weight excluding hydrogens is 448 g/mol. The fraction of sp³-hybridized carbons (Fsp3) is 0.391. The maximum Gasteiger partial charge on any atom is 0.242 e. The summed E-state index contributed by atoms with van der Waals surface area (Å²) in [4.78, 5) is 27.4. The maximum absolute atomic E-state index is 13.0. The zero-order chi connectivity index (χ0) is 21.2. The molecule has 2 amide bonds. The number of hydrogen-bond acceptors (Lipinski definition) is 3. The summed E-state index contributed by atoms with van der Waals surface area (Å²) in [6.45, 7) is 6.23. The van der Waals surface area contributed by atoms with Crippen LogP contribution in [0.15, 0.2) is 59.1 Å². The molecule has 0 saturated carbocycles. The quantitative estimate of drug-likeness (QED) is 0.523. The van der Waals surface area contributed by atoms with Crippen LogP contribution in [0.5, 0.6) is 0 Å². The van der Waals surface area contributed by atoms with E-state index >= 15 is 0 Å². The van der Waals surface area contributed by atoms with Crippen molar-refractivity contribution in [2.24, 2.45) is 0 Å². The second kappa shape index (κ2) is 12.0. The predicted octanol–water partition coefficient (Wildman–Crippen LogP) is 5.01. The van der Waals surface area contributed by atoms with E-state index in [0.717, 1.165) is 22.2 Å². The molecule has 0 aliphatic heterocycles. The molecule has 29 heavy (non-hydrogen) atoms. The summed E-state index contributed by atoms with van der Waals surface area (Å²) in [6, 6.07) is 17.5. The standard InChI is InChI=1S/C23H29BrN2O2S/c1-4-17(2)25-23(28)18(3)26(14-19-8-6-5-7-9-19)22(27)16-29-15-20-10-12-21(24)13-11-20/h5-13,17-18H,4,14-16H2,1-3H3,(H,25,28)/t17-,18-/m0/s1. The molecule has 2 aromatic carbocycles. The number of thioether (sulfide) groups is 1. The van der Waals surface area contributed by atoms with Gasteiger partial charge in [0.05, 0.1) is 5.75 Å². The van der Waals surface area contributed by atoms with Gasteiger partial charge in [0.15, 0.2) is 0 Å². The van der Waals surface area contributed by atoms with Crippen LogP contribution in [-0.4, -0.2) is 34.6 Å². The van der Waals surface area contributed by atoms with Crippen LogP contribution in [0.4, 0.5) is 0 Å². The number of rotatable bonds is 10. The molecule has 0 radical (unpaired) electrons. The summed E-state index contributed by atoms with van der Waals surface area (Å²) >= 11 is 5.00. The van der Waals surface area contributed by atoms with Crippen LogP contribution >= 0.6 is 27.7 Å². The summed E-state index contributed by atoms with van der Waals surface area (Å²) in [5.41, 5.74) is 2.19. The van der Waals surface area contributed by atoms with Crippen molar-refractivity contribution in [1.82, 2.24) is 10.2 Å². The third-order valence-electron chi connectivity index (χ3n) is 4.77. The smallest absolute Gasteiger partial charge is 0.242 e. The van der Waals surface area contributed by atoms with Crippen LogP contribution in [0, 0.1) is 0 Å². The van der Waals surface area contributed by atoms with E-state index in [1.807, 2.05) is 68.4 Å². The van der Waals surface area contributed by atoms with Crippen molar-refractivity contribution >= 4 is 39.5 Å². The van der Waals surface area contributed by atoms with Crippen LogP contribution in [0.25, 0.3) is 0 Å².